The molecule has 6 nitrogen and oxygen atoms in total. The first-order chi connectivity index (χ1) is 15.0. The van der Waals surface area contributed by atoms with Crippen molar-refractivity contribution in [2.24, 2.45) is 10.8 Å². The Bertz CT molecular complexity index is 938. The Morgan fingerprint density at radius 2 is 1.28 bits per heavy atom. The fourth-order valence-electron chi connectivity index (χ4n) is 4.47. The quantitative estimate of drug-likeness (QED) is 0.362. The average molecular weight is 437 g/mol. The third kappa shape index (κ3) is 3.49. The molecule has 4 rings (SSSR count). The van der Waals surface area contributed by atoms with Gasteiger partial charge in [0.1, 0.15) is 18.3 Å². The standard InChI is InChI=1S/C18H20O6.C8H8/c1-8(2)12(19)22-11-7-17-15(23-13(20)9(3)4)18(11,17)16(17)24-14(21)10(5)6;1-2-8-6-4-3-5-7-8/h11,15-16H,1,3,5,7H2,2,4,6H3;2-7H,1H2. The van der Waals surface area contributed by atoms with Crippen LogP contribution in [0.1, 0.15) is 32.8 Å². The maximum atomic E-state index is 11.8. The number of hydrogen-bond acceptors (Lipinski definition) is 6. The zero-order chi connectivity index (χ0) is 23.8. The Hall–Kier alpha value is -3.41. The van der Waals surface area contributed by atoms with Crippen molar-refractivity contribution in [3.8, 4) is 0 Å². The molecule has 32 heavy (non-hydrogen) atoms. The smallest absolute Gasteiger partial charge is 0.333 e. The van der Waals surface area contributed by atoms with Gasteiger partial charge < -0.3 is 14.2 Å². The molecular formula is C26H28O6. The van der Waals surface area contributed by atoms with Gasteiger partial charge in [0.05, 0.1) is 10.8 Å². The molecule has 0 saturated heterocycles. The van der Waals surface area contributed by atoms with Crippen LogP contribution in [-0.4, -0.2) is 36.2 Å². The summed E-state index contributed by atoms with van der Waals surface area (Å²) in [5.74, 6) is -1.50. The molecule has 3 saturated carbocycles. The highest BCUT2D eigenvalue weighted by Gasteiger charge is 3.12. The van der Waals surface area contributed by atoms with E-state index in [2.05, 4.69) is 26.3 Å². The van der Waals surface area contributed by atoms with Crippen molar-refractivity contribution >= 4 is 24.0 Å². The summed E-state index contributed by atoms with van der Waals surface area (Å²) in [7, 11) is 0. The van der Waals surface area contributed by atoms with Crippen LogP contribution in [0.3, 0.4) is 0 Å². The van der Waals surface area contributed by atoms with E-state index in [9.17, 15) is 14.4 Å². The highest BCUT2D eigenvalue weighted by Crippen LogP contribution is 2.98. The summed E-state index contributed by atoms with van der Waals surface area (Å²) in [4.78, 5) is 35.3. The van der Waals surface area contributed by atoms with Crippen molar-refractivity contribution in [3.05, 3.63) is 78.9 Å². The van der Waals surface area contributed by atoms with Crippen molar-refractivity contribution in [1.29, 1.82) is 0 Å². The number of hydrogen-bond donors (Lipinski definition) is 0. The van der Waals surface area contributed by atoms with Gasteiger partial charge in [0, 0.05) is 16.7 Å². The minimum Gasteiger partial charge on any atom is -0.458 e. The number of ether oxygens (including phenoxy) is 3. The molecule has 168 valence electrons. The first kappa shape index (κ1) is 23.3. The van der Waals surface area contributed by atoms with Crippen LogP contribution in [0.5, 0.6) is 0 Å². The highest BCUT2D eigenvalue weighted by atomic mass is 16.6. The van der Waals surface area contributed by atoms with E-state index in [4.69, 9.17) is 14.2 Å². The van der Waals surface area contributed by atoms with E-state index in [1.54, 1.807) is 20.8 Å². The van der Waals surface area contributed by atoms with E-state index in [1.165, 1.54) is 5.56 Å². The fraction of sp³-hybridized carbons (Fsp3) is 0.346. The van der Waals surface area contributed by atoms with Gasteiger partial charge in [0.2, 0.25) is 0 Å². The summed E-state index contributed by atoms with van der Waals surface area (Å²) in [5, 5.41) is 0. The molecule has 3 unspecified atom stereocenters. The second-order valence-electron chi connectivity index (χ2n) is 8.60. The maximum absolute atomic E-state index is 11.8. The Balaban J connectivity index is 0.000000305. The van der Waals surface area contributed by atoms with E-state index in [1.807, 2.05) is 36.4 Å². The summed E-state index contributed by atoms with van der Waals surface area (Å²) in [6.07, 6.45) is 1.04. The summed E-state index contributed by atoms with van der Waals surface area (Å²) in [6.45, 7) is 19.0. The minimum absolute atomic E-state index is 0.288. The lowest BCUT2D eigenvalue weighted by Gasteiger charge is -2.23. The molecule has 0 spiro atoms. The minimum atomic E-state index is -0.617. The molecule has 0 heterocycles. The summed E-state index contributed by atoms with van der Waals surface area (Å²) in [6, 6.07) is 10.0. The molecule has 3 aliphatic carbocycles. The molecule has 0 bridgehead atoms. The zero-order valence-corrected chi connectivity index (χ0v) is 18.7. The van der Waals surface area contributed by atoms with Crippen LogP contribution in [0.2, 0.25) is 0 Å². The van der Waals surface area contributed by atoms with E-state index in [0.29, 0.717) is 17.6 Å². The van der Waals surface area contributed by atoms with Crippen LogP contribution in [0.15, 0.2) is 73.4 Å². The van der Waals surface area contributed by atoms with Crippen LogP contribution in [0.25, 0.3) is 6.08 Å². The number of carbonyl (C=O) groups is 3. The molecule has 3 atom stereocenters. The molecule has 6 heteroatoms. The number of carbonyl (C=O) groups excluding carboxylic acids is 3. The molecule has 1 aromatic carbocycles. The second kappa shape index (κ2) is 8.26. The van der Waals surface area contributed by atoms with E-state index in [0.717, 1.165) is 0 Å². The van der Waals surface area contributed by atoms with Gasteiger partial charge in [-0.05, 0) is 32.8 Å². The Morgan fingerprint density at radius 3 is 1.66 bits per heavy atom. The van der Waals surface area contributed by atoms with Crippen molar-refractivity contribution in [1.82, 2.24) is 0 Å². The van der Waals surface area contributed by atoms with Gasteiger partial charge in [-0.2, -0.15) is 0 Å². The van der Waals surface area contributed by atoms with E-state index in [-0.39, 0.29) is 5.57 Å². The Kier molecular flexibility index (Phi) is 6.00. The third-order valence-electron chi connectivity index (χ3n) is 6.28. The molecule has 3 aliphatic rings. The van der Waals surface area contributed by atoms with Gasteiger partial charge in [-0.25, -0.2) is 14.4 Å². The molecule has 0 aliphatic heterocycles. The van der Waals surface area contributed by atoms with Gasteiger partial charge in [0.15, 0.2) is 0 Å². The molecule has 3 fully saturated rings. The Morgan fingerprint density at radius 1 is 0.844 bits per heavy atom. The van der Waals surface area contributed by atoms with Crippen LogP contribution in [-0.2, 0) is 28.6 Å². The molecule has 0 aromatic heterocycles. The van der Waals surface area contributed by atoms with Crippen LogP contribution in [0, 0.1) is 10.8 Å². The SMILES string of the molecule is C=C(C)C(=O)OC1CC23C(OC(=O)C(=C)C)C12C3OC(=O)C(=C)C.C=Cc1ccccc1. The van der Waals surface area contributed by atoms with Crippen molar-refractivity contribution in [2.75, 3.05) is 0 Å². The summed E-state index contributed by atoms with van der Waals surface area (Å²) >= 11 is 0. The Labute approximate surface area is 188 Å². The molecular weight excluding hydrogens is 408 g/mol. The van der Waals surface area contributed by atoms with Gasteiger partial charge in [-0.1, -0.05) is 62.7 Å². The summed E-state index contributed by atoms with van der Waals surface area (Å²) < 4.78 is 16.3. The third-order valence-corrected chi connectivity index (χ3v) is 6.28. The first-order valence-corrected chi connectivity index (χ1v) is 10.3. The highest BCUT2D eigenvalue weighted by molar-refractivity contribution is 5.90. The second-order valence-corrected chi connectivity index (χ2v) is 8.60. The lowest BCUT2D eigenvalue weighted by molar-refractivity contribution is -0.154. The lowest BCUT2D eigenvalue weighted by atomic mass is 9.96. The van der Waals surface area contributed by atoms with Crippen LogP contribution in [0.4, 0.5) is 0 Å². The predicted molar refractivity (Wildman–Crippen MR) is 120 cm³/mol. The van der Waals surface area contributed by atoms with Gasteiger partial charge in [0.25, 0.3) is 0 Å². The topological polar surface area (TPSA) is 78.9 Å². The van der Waals surface area contributed by atoms with Crippen molar-refractivity contribution in [3.63, 3.8) is 0 Å². The molecule has 0 radical (unpaired) electrons. The monoisotopic (exact) mass is 436 g/mol. The number of rotatable bonds is 7. The predicted octanol–water partition coefficient (Wildman–Crippen LogP) is 4.18. The van der Waals surface area contributed by atoms with Crippen LogP contribution >= 0.6 is 0 Å². The molecule has 0 amide bonds. The zero-order valence-electron chi connectivity index (χ0n) is 18.7. The molecule has 1 aromatic rings. The normalized spacial score (nSPS) is 29.8. The van der Waals surface area contributed by atoms with Gasteiger partial charge in [-0.3, -0.25) is 0 Å². The largest absolute Gasteiger partial charge is 0.458 e. The van der Waals surface area contributed by atoms with E-state index >= 15 is 0 Å². The summed E-state index contributed by atoms with van der Waals surface area (Å²) in [5.41, 5.74) is 1.000. The van der Waals surface area contributed by atoms with Gasteiger partial charge in [-0.15, -0.1) is 0 Å². The van der Waals surface area contributed by atoms with Gasteiger partial charge >= 0.3 is 17.9 Å². The fourth-order valence-corrected chi connectivity index (χ4v) is 4.47. The van der Waals surface area contributed by atoms with Crippen molar-refractivity contribution in [2.45, 2.75) is 45.5 Å². The average Bonchev–Trinajstić information content (AvgIpc) is 3.44. The molecule has 0 N–H and O–H groups in total. The number of esters is 3. The number of benzene rings is 1. The van der Waals surface area contributed by atoms with Crippen LogP contribution < -0.4 is 0 Å². The lowest BCUT2D eigenvalue weighted by Crippen LogP contribution is -2.33. The van der Waals surface area contributed by atoms with Crippen molar-refractivity contribution < 1.29 is 28.6 Å². The maximum Gasteiger partial charge on any atom is 0.333 e. The van der Waals surface area contributed by atoms with E-state index < -0.39 is 47.0 Å². The first-order valence-electron chi connectivity index (χ1n) is 10.3.